The highest BCUT2D eigenvalue weighted by Gasteiger charge is 2.21. The first-order valence-electron chi connectivity index (χ1n) is 6.39. The minimum Gasteiger partial charge on any atom is -0.393 e. The minimum absolute atomic E-state index is 0.0360. The van der Waals surface area contributed by atoms with E-state index in [1.807, 2.05) is 4.68 Å². The molecule has 0 aliphatic heterocycles. The number of nitrogens with zero attached hydrogens (tertiary/aromatic N) is 3. The fourth-order valence-corrected chi connectivity index (χ4v) is 1.77. The highest BCUT2D eigenvalue weighted by atomic mass is 16.3. The van der Waals surface area contributed by atoms with Crippen LogP contribution in [0.3, 0.4) is 0 Å². The van der Waals surface area contributed by atoms with Crippen molar-refractivity contribution in [2.24, 2.45) is 5.41 Å². The van der Waals surface area contributed by atoms with Crippen LogP contribution < -0.4 is 0 Å². The highest BCUT2D eigenvalue weighted by molar-refractivity contribution is 4.87. The third-order valence-corrected chi connectivity index (χ3v) is 3.01. The molecule has 1 unspecified atom stereocenters. The lowest BCUT2D eigenvalue weighted by Crippen LogP contribution is -2.26. The van der Waals surface area contributed by atoms with E-state index in [4.69, 9.17) is 0 Å². The lowest BCUT2D eigenvalue weighted by Gasteiger charge is -2.25. The second-order valence-electron chi connectivity index (χ2n) is 5.99. The summed E-state index contributed by atoms with van der Waals surface area (Å²) in [4.78, 5) is 4.27. The van der Waals surface area contributed by atoms with Crippen molar-refractivity contribution in [1.29, 1.82) is 0 Å². The van der Waals surface area contributed by atoms with Crippen molar-refractivity contribution < 1.29 is 5.11 Å². The molecule has 1 atom stereocenters. The molecule has 98 valence electrons. The van der Waals surface area contributed by atoms with Gasteiger partial charge in [0.15, 0.2) is 0 Å². The van der Waals surface area contributed by atoms with E-state index in [0.717, 1.165) is 25.1 Å². The molecule has 1 heterocycles. The summed E-state index contributed by atoms with van der Waals surface area (Å²) >= 11 is 0. The Morgan fingerprint density at radius 1 is 1.35 bits per heavy atom. The first-order valence-corrected chi connectivity index (χ1v) is 6.39. The molecule has 0 saturated heterocycles. The summed E-state index contributed by atoms with van der Waals surface area (Å²) in [6, 6.07) is 0.347. The summed E-state index contributed by atoms with van der Waals surface area (Å²) in [6.45, 7) is 10.4. The summed E-state index contributed by atoms with van der Waals surface area (Å²) in [6.07, 6.45) is 4.00. The van der Waals surface area contributed by atoms with Gasteiger partial charge in [-0.2, -0.15) is 5.10 Å². The molecular formula is C13H25N3O. The molecule has 0 bridgehead atoms. The Hall–Kier alpha value is -0.900. The molecule has 17 heavy (non-hydrogen) atoms. The van der Waals surface area contributed by atoms with Crippen LogP contribution in [0.25, 0.3) is 0 Å². The molecule has 0 aliphatic rings. The quantitative estimate of drug-likeness (QED) is 0.859. The maximum absolute atomic E-state index is 9.95. The second kappa shape index (κ2) is 5.63. The lowest BCUT2D eigenvalue weighted by atomic mass is 9.86. The predicted octanol–water partition coefficient (Wildman–Crippen LogP) is 2.59. The van der Waals surface area contributed by atoms with E-state index in [0.29, 0.717) is 6.04 Å². The van der Waals surface area contributed by atoms with Crippen molar-refractivity contribution in [1.82, 2.24) is 14.8 Å². The zero-order chi connectivity index (χ0) is 13.1. The summed E-state index contributed by atoms with van der Waals surface area (Å²) < 4.78 is 1.95. The number of aryl methyl sites for hydroxylation is 1. The van der Waals surface area contributed by atoms with Crippen LogP contribution in [0.5, 0.6) is 0 Å². The van der Waals surface area contributed by atoms with Gasteiger partial charge in [-0.1, -0.05) is 20.8 Å². The summed E-state index contributed by atoms with van der Waals surface area (Å²) in [7, 11) is 0. The average Bonchev–Trinajstić information content (AvgIpc) is 2.64. The standard InChI is InChI=1S/C13H25N3O/c1-10(2)16-12(14-9-15-16)8-6-7-11(17)13(3,4)5/h9-11,17H,6-8H2,1-5H3. The Labute approximate surface area is 104 Å². The van der Waals surface area contributed by atoms with Crippen molar-refractivity contribution in [3.63, 3.8) is 0 Å². The summed E-state index contributed by atoms with van der Waals surface area (Å²) in [5.41, 5.74) is -0.0360. The molecule has 0 radical (unpaired) electrons. The zero-order valence-corrected chi connectivity index (χ0v) is 11.6. The summed E-state index contributed by atoms with van der Waals surface area (Å²) in [5, 5.41) is 14.2. The van der Waals surface area contributed by atoms with Gasteiger partial charge < -0.3 is 5.11 Å². The fourth-order valence-electron chi connectivity index (χ4n) is 1.77. The third-order valence-electron chi connectivity index (χ3n) is 3.01. The Morgan fingerprint density at radius 3 is 2.53 bits per heavy atom. The van der Waals surface area contributed by atoms with Crippen LogP contribution in [0.15, 0.2) is 6.33 Å². The number of aliphatic hydroxyl groups is 1. The largest absolute Gasteiger partial charge is 0.393 e. The molecule has 1 rings (SSSR count). The monoisotopic (exact) mass is 239 g/mol. The van der Waals surface area contributed by atoms with Crippen molar-refractivity contribution >= 4 is 0 Å². The van der Waals surface area contributed by atoms with Crippen LogP contribution in [0.4, 0.5) is 0 Å². The first kappa shape index (κ1) is 14.2. The van der Waals surface area contributed by atoms with Gasteiger partial charge in [-0.15, -0.1) is 0 Å². The number of aliphatic hydroxyl groups excluding tert-OH is 1. The first-order chi connectivity index (χ1) is 7.82. The van der Waals surface area contributed by atoms with Gasteiger partial charge in [-0.3, -0.25) is 0 Å². The molecule has 1 aromatic heterocycles. The molecule has 4 nitrogen and oxygen atoms in total. The second-order valence-corrected chi connectivity index (χ2v) is 5.99. The molecule has 0 amide bonds. The fraction of sp³-hybridized carbons (Fsp3) is 0.846. The normalized spacial score (nSPS) is 14.3. The molecule has 1 aromatic rings. The molecule has 0 fully saturated rings. The number of hydrogen-bond donors (Lipinski definition) is 1. The van der Waals surface area contributed by atoms with Gasteiger partial charge in [-0.05, 0) is 32.1 Å². The number of hydrogen-bond acceptors (Lipinski definition) is 3. The Bertz CT molecular complexity index is 339. The summed E-state index contributed by atoms with van der Waals surface area (Å²) in [5.74, 6) is 1.01. The predicted molar refractivity (Wildman–Crippen MR) is 68.8 cm³/mol. The molecule has 0 aliphatic carbocycles. The van der Waals surface area contributed by atoms with Crippen molar-refractivity contribution in [3.8, 4) is 0 Å². The van der Waals surface area contributed by atoms with Crippen LogP contribution >= 0.6 is 0 Å². The van der Waals surface area contributed by atoms with Gasteiger partial charge in [0.2, 0.25) is 0 Å². The highest BCUT2D eigenvalue weighted by Crippen LogP contribution is 2.23. The van der Waals surface area contributed by atoms with E-state index >= 15 is 0 Å². The molecule has 0 spiro atoms. The Morgan fingerprint density at radius 2 is 2.00 bits per heavy atom. The molecule has 4 heteroatoms. The van der Waals surface area contributed by atoms with E-state index < -0.39 is 0 Å². The van der Waals surface area contributed by atoms with Crippen molar-refractivity contribution in [2.75, 3.05) is 0 Å². The van der Waals surface area contributed by atoms with Crippen molar-refractivity contribution in [2.45, 2.75) is 66.0 Å². The molecule has 0 aromatic carbocycles. The molecular weight excluding hydrogens is 214 g/mol. The van der Waals surface area contributed by atoms with Gasteiger partial charge in [0.05, 0.1) is 6.10 Å². The maximum atomic E-state index is 9.95. The van der Waals surface area contributed by atoms with Crippen molar-refractivity contribution in [3.05, 3.63) is 12.2 Å². The van der Waals surface area contributed by atoms with Gasteiger partial charge in [0, 0.05) is 12.5 Å². The van der Waals surface area contributed by atoms with E-state index in [1.54, 1.807) is 6.33 Å². The van der Waals surface area contributed by atoms with E-state index in [9.17, 15) is 5.11 Å². The topological polar surface area (TPSA) is 50.9 Å². The molecule has 0 saturated carbocycles. The SMILES string of the molecule is CC(C)n1ncnc1CCCC(O)C(C)(C)C. The van der Waals surface area contributed by atoms with E-state index in [1.165, 1.54) is 0 Å². The van der Waals surface area contributed by atoms with Gasteiger partial charge >= 0.3 is 0 Å². The number of aromatic nitrogens is 3. The van der Waals surface area contributed by atoms with Crippen LogP contribution in [-0.2, 0) is 6.42 Å². The van der Waals surface area contributed by atoms with Crippen LogP contribution in [0.1, 0.15) is 59.3 Å². The average molecular weight is 239 g/mol. The zero-order valence-electron chi connectivity index (χ0n) is 11.6. The smallest absolute Gasteiger partial charge is 0.138 e. The Kier molecular flexibility index (Phi) is 4.69. The maximum Gasteiger partial charge on any atom is 0.138 e. The van der Waals surface area contributed by atoms with E-state index in [-0.39, 0.29) is 11.5 Å². The van der Waals surface area contributed by atoms with Crippen LogP contribution in [-0.4, -0.2) is 26.0 Å². The molecule has 1 N–H and O–H groups in total. The number of rotatable bonds is 5. The Balaban J connectivity index is 2.44. The van der Waals surface area contributed by atoms with Gasteiger partial charge in [0.1, 0.15) is 12.2 Å². The van der Waals surface area contributed by atoms with Gasteiger partial charge in [-0.25, -0.2) is 9.67 Å². The van der Waals surface area contributed by atoms with Crippen LogP contribution in [0.2, 0.25) is 0 Å². The minimum atomic E-state index is -0.252. The lowest BCUT2D eigenvalue weighted by molar-refractivity contribution is 0.0538. The van der Waals surface area contributed by atoms with E-state index in [2.05, 4.69) is 44.7 Å². The third kappa shape index (κ3) is 4.11. The van der Waals surface area contributed by atoms with Gasteiger partial charge in [0.25, 0.3) is 0 Å². The van der Waals surface area contributed by atoms with Crippen LogP contribution in [0, 0.1) is 5.41 Å².